The van der Waals surface area contributed by atoms with Crippen LogP contribution in [0.2, 0.25) is 0 Å². The molecule has 0 saturated heterocycles. The number of carbonyl (C=O) groups excluding carboxylic acids is 1. The molecule has 100 valence electrons. The number of carboxylic acid groups (broad SMARTS) is 1. The van der Waals surface area contributed by atoms with Crippen molar-refractivity contribution in [3.05, 3.63) is 0 Å². The van der Waals surface area contributed by atoms with E-state index in [-0.39, 0.29) is 5.92 Å². The van der Waals surface area contributed by atoms with Gasteiger partial charge in [0.1, 0.15) is 6.04 Å². The van der Waals surface area contributed by atoms with Gasteiger partial charge in [-0.3, -0.25) is 4.79 Å². The lowest BCUT2D eigenvalue weighted by Gasteiger charge is -2.29. The maximum absolute atomic E-state index is 11.8. The van der Waals surface area contributed by atoms with Crippen molar-refractivity contribution in [1.29, 1.82) is 0 Å². The smallest absolute Gasteiger partial charge is 0.326 e. The molecule has 0 aliphatic rings. The van der Waals surface area contributed by atoms with E-state index < -0.39 is 29.4 Å². The zero-order valence-electron chi connectivity index (χ0n) is 11.3. The van der Waals surface area contributed by atoms with Crippen LogP contribution in [0.4, 0.5) is 0 Å². The van der Waals surface area contributed by atoms with Crippen LogP contribution in [0.5, 0.6) is 0 Å². The second-order valence-corrected chi connectivity index (χ2v) is 5.56. The molecule has 0 aliphatic carbocycles. The van der Waals surface area contributed by atoms with Gasteiger partial charge in [0.25, 0.3) is 0 Å². The first-order chi connectivity index (χ1) is 7.61. The predicted molar refractivity (Wildman–Crippen MR) is 66.5 cm³/mol. The normalized spacial score (nSPS) is 17.1. The third-order valence-electron chi connectivity index (χ3n) is 2.96. The Kier molecular flexibility index (Phi) is 5.61. The maximum atomic E-state index is 11.8. The van der Waals surface area contributed by atoms with Gasteiger partial charge in [0.2, 0.25) is 5.91 Å². The topological polar surface area (TPSA) is 92.4 Å². The molecule has 0 saturated carbocycles. The van der Waals surface area contributed by atoms with Crippen molar-refractivity contribution >= 4 is 11.9 Å². The molecule has 5 heteroatoms. The van der Waals surface area contributed by atoms with E-state index in [1.54, 1.807) is 20.8 Å². The molecule has 4 N–H and O–H groups in total. The first-order valence-electron chi connectivity index (χ1n) is 5.90. The van der Waals surface area contributed by atoms with Crippen LogP contribution in [0.25, 0.3) is 0 Å². The fraction of sp³-hybridized carbons (Fsp3) is 0.833. The van der Waals surface area contributed by atoms with E-state index in [1.807, 2.05) is 13.8 Å². The van der Waals surface area contributed by atoms with Crippen LogP contribution in [0, 0.1) is 11.3 Å². The average molecular weight is 244 g/mol. The molecule has 0 heterocycles. The van der Waals surface area contributed by atoms with E-state index in [0.29, 0.717) is 0 Å². The molecule has 5 nitrogen and oxygen atoms in total. The highest BCUT2D eigenvalue weighted by Gasteiger charge is 2.34. The van der Waals surface area contributed by atoms with Crippen molar-refractivity contribution in [3.63, 3.8) is 0 Å². The number of hydrogen-bond acceptors (Lipinski definition) is 3. The zero-order chi connectivity index (χ0) is 13.8. The van der Waals surface area contributed by atoms with Crippen LogP contribution in [0.15, 0.2) is 0 Å². The van der Waals surface area contributed by atoms with Crippen LogP contribution in [-0.4, -0.2) is 29.1 Å². The van der Waals surface area contributed by atoms with Gasteiger partial charge in [0.15, 0.2) is 0 Å². The van der Waals surface area contributed by atoms with Crippen molar-refractivity contribution in [1.82, 2.24) is 5.32 Å². The summed E-state index contributed by atoms with van der Waals surface area (Å²) in [5, 5.41) is 11.6. The fourth-order valence-electron chi connectivity index (χ4n) is 1.40. The Bertz CT molecular complexity index is 284. The Labute approximate surface area is 103 Å². The predicted octanol–water partition coefficient (Wildman–Crippen LogP) is 0.975. The third kappa shape index (κ3) is 4.73. The third-order valence-corrected chi connectivity index (χ3v) is 2.96. The fourth-order valence-corrected chi connectivity index (χ4v) is 1.40. The molecule has 0 aromatic heterocycles. The highest BCUT2D eigenvalue weighted by Crippen LogP contribution is 2.19. The standard InChI is InChI=1S/C12H24N2O3/c1-6-7(2)8(13)10(15)14-9(11(16)17)12(3,4)5/h7-9H,6,13H2,1-5H3,(H,14,15)(H,16,17). The Hall–Kier alpha value is -1.10. The van der Waals surface area contributed by atoms with Crippen molar-refractivity contribution in [2.75, 3.05) is 0 Å². The Morgan fingerprint density at radius 1 is 1.35 bits per heavy atom. The quantitative estimate of drug-likeness (QED) is 0.672. The van der Waals surface area contributed by atoms with Crippen LogP contribution >= 0.6 is 0 Å². The minimum Gasteiger partial charge on any atom is -0.480 e. The molecule has 0 aromatic rings. The maximum Gasteiger partial charge on any atom is 0.326 e. The number of hydrogen-bond donors (Lipinski definition) is 3. The number of aliphatic carboxylic acids is 1. The molecule has 0 rings (SSSR count). The molecule has 0 bridgehead atoms. The van der Waals surface area contributed by atoms with Crippen molar-refractivity contribution < 1.29 is 14.7 Å². The van der Waals surface area contributed by atoms with Gasteiger partial charge in [-0.15, -0.1) is 0 Å². The molecular formula is C12H24N2O3. The zero-order valence-corrected chi connectivity index (χ0v) is 11.3. The largest absolute Gasteiger partial charge is 0.480 e. The number of nitrogens with two attached hydrogens (primary N) is 1. The minimum absolute atomic E-state index is 0.0319. The van der Waals surface area contributed by atoms with Crippen LogP contribution in [0.1, 0.15) is 41.0 Å². The second kappa shape index (κ2) is 6.00. The summed E-state index contributed by atoms with van der Waals surface area (Å²) in [7, 11) is 0. The van der Waals surface area contributed by atoms with Gasteiger partial charge in [0.05, 0.1) is 6.04 Å². The summed E-state index contributed by atoms with van der Waals surface area (Å²) in [6, 6.07) is -1.59. The lowest BCUT2D eigenvalue weighted by molar-refractivity contribution is -0.145. The van der Waals surface area contributed by atoms with E-state index >= 15 is 0 Å². The van der Waals surface area contributed by atoms with Crippen LogP contribution in [0.3, 0.4) is 0 Å². The van der Waals surface area contributed by atoms with E-state index in [4.69, 9.17) is 10.8 Å². The summed E-state index contributed by atoms with van der Waals surface area (Å²) in [4.78, 5) is 22.9. The Morgan fingerprint density at radius 3 is 2.12 bits per heavy atom. The summed E-state index contributed by atoms with van der Waals surface area (Å²) in [6.07, 6.45) is 0.780. The monoisotopic (exact) mass is 244 g/mol. The van der Waals surface area contributed by atoms with Gasteiger partial charge in [-0.2, -0.15) is 0 Å². The first-order valence-corrected chi connectivity index (χ1v) is 5.90. The van der Waals surface area contributed by atoms with Gasteiger partial charge in [-0.05, 0) is 11.3 Å². The summed E-state index contributed by atoms with van der Waals surface area (Å²) < 4.78 is 0. The van der Waals surface area contributed by atoms with Gasteiger partial charge in [-0.25, -0.2) is 4.79 Å². The molecule has 0 radical (unpaired) electrons. The minimum atomic E-state index is -1.04. The van der Waals surface area contributed by atoms with Gasteiger partial charge >= 0.3 is 5.97 Å². The molecular weight excluding hydrogens is 220 g/mol. The Balaban J connectivity index is 4.69. The number of nitrogens with one attached hydrogen (secondary N) is 1. The number of carboxylic acids is 1. The summed E-state index contributed by atoms with van der Waals surface area (Å²) in [5.41, 5.74) is 5.21. The first kappa shape index (κ1) is 15.9. The second-order valence-electron chi connectivity index (χ2n) is 5.56. The van der Waals surface area contributed by atoms with E-state index in [9.17, 15) is 9.59 Å². The molecule has 3 atom stereocenters. The lowest BCUT2D eigenvalue weighted by Crippen LogP contribution is -2.55. The van der Waals surface area contributed by atoms with Gasteiger partial charge < -0.3 is 16.2 Å². The summed E-state index contributed by atoms with van der Waals surface area (Å²) in [6.45, 7) is 9.11. The van der Waals surface area contributed by atoms with Gasteiger partial charge in [-0.1, -0.05) is 41.0 Å². The molecule has 0 spiro atoms. The molecule has 17 heavy (non-hydrogen) atoms. The molecule has 1 amide bonds. The van der Waals surface area contributed by atoms with E-state index in [1.165, 1.54) is 0 Å². The SMILES string of the molecule is CCC(C)C(N)C(=O)NC(C(=O)O)C(C)(C)C. The summed E-state index contributed by atoms with van der Waals surface area (Å²) in [5.74, 6) is -1.41. The number of carbonyl (C=O) groups is 2. The van der Waals surface area contributed by atoms with Crippen molar-refractivity contribution in [2.45, 2.75) is 53.1 Å². The van der Waals surface area contributed by atoms with E-state index in [2.05, 4.69) is 5.32 Å². The molecule has 0 aliphatic heterocycles. The van der Waals surface area contributed by atoms with Crippen molar-refractivity contribution in [3.8, 4) is 0 Å². The van der Waals surface area contributed by atoms with Crippen LogP contribution in [-0.2, 0) is 9.59 Å². The average Bonchev–Trinajstić information content (AvgIpc) is 2.21. The van der Waals surface area contributed by atoms with E-state index in [0.717, 1.165) is 6.42 Å². The van der Waals surface area contributed by atoms with Crippen LogP contribution < -0.4 is 11.1 Å². The molecule has 0 fully saturated rings. The Morgan fingerprint density at radius 2 is 1.82 bits per heavy atom. The summed E-state index contributed by atoms with van der Waals surface area (Å²) >= 11 is 0. The highest BCUT2D eigenvalue weighted by atomic mass is 16.4. The lowest BCUT2D eigenvalue weighted by atomic mass is 9.86. The highest BCUT2D eigenvalue weighted by molar-refractivity contribution is 5.87. The molecule has 0 aromatic carbocycles. The van der Waals surface area contributed by atoms with Gasteiger partial charge in [0, 0.05) is 0 Å². The number of amides is 1. The number of rotatable bonds is 5. The molecule has 3 unspecified atom stereocenters. The van der Waals surface area contributed by atoms with Crippen molar-refractivity contribution in [2.24, 2.45) is 17.1 Å².